The van der Waals surface area contributed by atoms with Gasteiger partial charge in [0.25, 0.3) is 0 Å². The van der Waals surface area contributed by atoms with Crippen LogP contribution in [0.2, 0.25) is 0 Å². The van der Waals surface area contributed by atoms with Crippen LogP contribution in [0.15, 0.2) is 23.1 Å². The van der Waals surface area contributed by atoms with Crippen molar-refractivity contribution >= 4 is 15.7 Å². The molecule has 0 amide bonds. The molecule has 1 fully saturated rings. The van der Waals surface area contributed by atoms with Crippen molar-refractivity contribution in [2.24, 2.45) is 5.92 Å². The third kappa shape index (κ3) is 2.36. The van der Waals surface area contributed by atoms with Crippen molar-refractivity contribution in [3.63, 3.8) is 0 Å². The van der Waals surface area contributed by atoms with E-state index in [2.05, 4.69) is 0 Å². The largest absolute Gasteiger partial charge is 0.399 e. The van der Waals surface area contributed by atoms with Crippen LogP contribution in [0, 0.1) is 12.8 Å². The molecule has 1 unspecified atom stereocenters. The summed E-state index contributed by atoms with van der Waals surface area (Å²) < 4.78 is 26.3. The maximum absolute atomic E-state index is 12.4. The van der Waals surface area contributed by atoms with Gasteiger partial charge in [-0.3, -0.25) is 0 Å². The Balaban J connectivity index is 2.31. The molecule has 18 heavy (non-hydrogen) atoms. The van der Waals surface area contributed by atoms with Gasteiger partial charge in [0.2, 0.25) is 10.0 Å². The van der Waals surface area contributed by atoms with Crippen LogP contribution in [-0.4, -0.2) is 37.5 Å². The molecule has 0 aromatic heterocycles. The molecule has 3 N–H and O–H groups in total. The second-order valence-corrected chi connectivity index (χ2v) is 6.63. The normalized spacial score (nSPS) is 21.3. The minimum Gasteiger partial charge on any atom is -0.399 e. The van der Waals surface area contributed by atoms with Gasteiger partial charge in [-0.05, 0) is 43.0 Å². The van der Waals surface area contributed by atoms with Crippen LogP contribution in [0.1, 0.15) is 12.0 Å². The molecule has 1 saturated heterocycles. The molecule has 0 saturated carbocycles. The summed E-state index contributed by atoms with van der Waals surface area (Å²) in [5.74, 6) is 0.0499. The van der Waals surface area contributed by atoms with Crippen LogP contribution in [0.4, 0.5) is 5.69 Å². The topological polar surface area (TPSA) is 83.6 Å². The number of nitrogen functional groups attached to an aromatic ring is 1. The van der Waals surface area contributed by atoms with Gasteiger partial charge in [-0.1, -0.05) is 0 Å². The summed E-state index contributed by atoms with van der Waals surface area (Å²) in [6, 6.07) is 4.80. The van der Waals surface area contributed by atoms with Crippen LogP contribution in [0.3, 0.4) is 0 Å². The van der Waals surface area contributed by atoms with E-state index < -0.39 is 10.0 Å². The summed E-state index contributed by atoms with van der Waals surface area (Å²) in [4.78, 5) is 0.301. The Morgan fingerprint density at radius 3 is 2.78 bits per heavy atom. The van der Waals surface area contributed by atoms with E-state index in [1.165, 1.54) is 4.31 Å². The van der Waals surface area contributed by atoms with Gasteiger partial charge in [0.15, 0.2) is 0 Å². The maximum atomic E-state index is 12.4. The molecule has 1 aliphatic heterocycles. The van der Waals surface area contributed by atoms with Crippen molar-refractivity contribution in [3.05, 3.63) is 23.8 Å². The van der Waals surface area contributed by atoms with E-state index in [9.17, 15) is 8.42 Å². The molecule has 0 radical (unpaired) electrons. The van der Waals surface area contributed by atoms with Gasteiger partial charge in [-0.2, -0.15) is 4.31 Å². The van der Waals surface area contributed by atoms with Gasteiger partial charge >= 0.3 is 0 Å². The first kappa shape index (κ1) is 13.3. The fourth-order valence-corrected chi connectivity index (χ4v) is 4.00. The van der Waals surface area contributed by atoms with Gasteiger partial charge in [0.05, 0.1) is 4.90 Å². The highest BCUT2D eigenvalue weighted by Gasteiger charge is 2.32. The predicted octanol–water partition coefficient (Wildman–Crippen LogP) is 0.580. The Hall–Kier alpha value is -1.11. The number of hydrogen-bond donors (Lipinski definition) is 2. The van der Waals surface area contributed by atoms with Crippen LogP contribution in [0.25, 0.3) is 0 Å². The average Bonchev–Trinajstić information content (AvgIpc) is 2.77. The molecule has 5 nitrogen and oxygen atoms in total. The van der Waals surface area contributed by atoms with E-state index >= 15 is 0 Å². The first-order valence-corrected chi connectivity index (χ1v) is 7.36. The zero-order chi connectivity index (χ0) is 13.3. The molecule has 1 heterocycles. The molecule has 0 bridgehead atoms. The number of aliphatic hydroxyl groups is 1. The Kier molecular flexibility index (Phi) is 3.61. The van der Waals surface area contributed by atoms with Crippen molar-refractivity contribution in [2.45, 2.75) is 18.2 Å². The summed E-state index contributed by atoms with van der Waals surface area (Å²) in [6.45, 7) is 2.63. The number of benzene rings is 1. The van der Waals surface area contributed by atoms with Gasteiger partial charge in [0, 0.05) is 25.4 Å². The molecular weight excluding hydrogens is 252 g/mol. The molecular formula is C12H18N2O3S. The minimum atomic E-state index is -3.46. The number of rotatable bonds is 3. The summed E-state index contributed by atoms with van der Waals surface area (Å²) in [5, 5.41) is 9.07. The van der Waals surface area contributed by atoms with Gasteiger partial charge in [-0.25, -0.2) is 8.42 Å². The lowest BCUT2D eigenvalue weighted by molar-refractivity contribution is 0.233. The lowest BCUT2D eigenvalue weighted by Gasteiger charge is -2.18. The highest BCUT2D eigenvalue weighted by atomic mass is 32.2. The average molecular weight is 270 g/mol. The number of sulfonamides is 1. The van der Waals surface area contributed by atoms with Crippen LogP contribution >= 0.6 is 0 Å². The number of aliphatic hydroxyl groups excluding tert-OH is 1. The van der Waals surface area contributed by atoms with E-state index in [1.807, 2.05) is 0 Å². The second-order valence-electron chi connectivity index (χ2n) is 4.73. The van der Waals surface area contributed by atoms with Crippen molar-refractivity contribution in [1.82, 2.24) is 4.31 Å². The quantitative estimate of drug-likeness (QED) is 0.787. The van der Waals surface area contributed by atoms with Gasteiger partial charge in [0.1, 0.15) is 0 Å². The Labute approximate surface area is 107 Å². The summed E-state index contributed by atoms with van der Waals surface area (Å²) in [6.07, 6.45) is 0.712. The Morgan fingerprint density at radius 2 is 2.22 bits per heavy atom. The highest BCUT2D eigenvalue weighted by molar-refractivity contribution is 7.89. The molecule has 1 atom stereocenters. The molecule has 6 heteroatoms. The molecule has 1 aliphatic rings. The molecule has 2 rings (SSSR count). The summed E-state index contributed by atoms with van der Waals surface area (Å²) >= 11 is 0. The SMILES string of the molecule is Cc1cc(N)ccc1S(=O)(=O)N1CCC(CO)C1. The molecule has 1 aromatic rings. The zero-order valence-electron chi connectivity index (χ0n) is 10.3. The van der Waals surface area contributed by atoms with Crippen LogP contribution in [0.5, 0.6) is 0 Å². The van der Waals surface area contributed by atoms with E-state index in [0.29, 0.717) is 35.7 Å². The number of anilines is 1. The molecule has 0 aliphatic carbocycles. The zero-order valence-corrected chi connectivity index (χ0v) is 11.2. The number of aryl methyl sites for hydroxylation is 1. The lowest BCUT2D eigenvalue weighted by atomic mass is 10.1. The van der Waals surface area contributed by atoms with E-state index in [4.69, 9.17) is 10.8 Å². The Morgan fingerprint density at radius 1 is 1.50 bits per heavy atom. The first-order chi connectivity index (χ1) is 8.45. The standard InChI is InChI=1S/C12H18N2O3S/c1-9-6-11(13)2-3-12(9)18(16,17)14-5-4-10(7-14)8-15/h2-3,6,10,15H,4-5,7-8,13H2,1H3. The third-order valence-corrected chi connectivity index (χ3v) is 5.35. The van der Waals surface area contributed by atoms with Crippen LogP contribution < -0.4 is 5.73 Å². The second kappa shape index (κ2) is 4.87. The fraction of sp³-hybridized carbons (Fsp3) is 0.500. The number of nitrogens with zero attached hydrogens (tertiary/aromatic N) is 1. The lowest BCUT2D eigenvalue weighted by Crippen LogP contribution is -2.29. The molecule has 1 aromatic carbocycles. The van der Waals surface area contributed by atoms with Crippen molar-refractivity contribution < 1.29 is 13.5 Å². The van der Waals surface area contributed by atoms with E-state index in [-0.39, 0.29) is 12.5 Å². The summed E-state index contributed by atoms with van der Waals surface area (Å²) in [7, 11) is -3.46. The van der Waals surface area contributed by atoms with E-state index in [0.717, 1.165) is 0 Å². The van der Waals surface area contributed by atoms with Crippen LogP contribution in [-0.2, 0) is 10.0 Å². The van der Waals surface area contributed by atoms with Crippen molar-refractivity contribution in [1.29, 1.82) is 0 Å². The smallest absolute Gasteiger partial charge is 0.243 e. The van der Waals surface area contributed by atoms with Gasteiger partial charge < -0.3 is 10.8 Å². The van der Waals surface area contributed by atoms with Crippen molar-refractivity contribution in [2.75, 3.05) is 25.4 Å². The molecule has 0 spiro atoms. The monoisotopic (exact) mass is 270 g/mol. The Bertz CT molecular complexity index is 542. The number of nitrogens with two attached hydrogens (primary N) is 1. The maximum Gasteiger partial charge on any atom is 0.243 e. The number of hydrogen-bond acceptors (Lipinski definition) is 4. The predicted molar refractivity (Wildman–Crippen MR) is 69.5 cm³/mol. The third-order valence-electron chi connectivity index (χ3n) is 3.32. The highest BCUT2D eigenvalue weighted by Crippen LogP contribution is 2.26. The fourth-order valence-electron chi connectivity index (χ4n) is 2.27. The van der Waals surface area contributed by atoms with Crippen molar-refractivity contribution in [3.8, 4) is 0 Å². The van der Waals surface area contributed by atoms with E-state index in [1.54, 1.807) is 25.1 Å². The first-order valence-electron chi connectivity index (χ1n) is 5.92. The summed E-state index contributed by atoms with van der Waals surface area (Å²) in [5.41, 5.74) is 6.84. The molecule has 100 valence electrons. The minimum absolute atomic E-state index is 0.0345. The van der Waals surface area contributed by atoms with Gasteiger partial charge in [-0.15, -0.1) is 0 Å².